The Morgan fingerprint density at radius 1 is 0.296 bits per heavy atom. The van der Waals surface area contributed by atoms with Gasteiger partial charge in [-0.25, -0.2) is 4.98 Å². The second kappa shape index (κ2) is 18.1. The second-order valence-corrected chi connectivity index (χ2v) is 26.2. The Balaban J connectivity index is 0.887. The number of rotatable bonds is 8. The van der Waals surface area contributed by atoms with Gasteiger partial charge in [0.05, 0.1) is 55.6 Å². The SMILES string of the molecule is c1ccc([Si](c2ccccc2)(c2cccc(-c3ccc4c(c3)SCc3nc5ccccc5n3-4)c2)c2cccc(-n3c4ccc(-n5c6ccccc6c6ccccc65)cc4c4cc(-n5c6ccccc6c6ccccc65)ccc43)c2)cc1. The summed E-state index contributed by atoms with van der Waals surface area (Å²) in [7, 11) is -3.07. The lowest BCUT2D eigenvalue weighted by Gasteiger charge is -2.35. The van der Waals surface area contributed by atoms with Crippen LogP contribution < -0.4 is 20.7 Å². The van der Waals surface area contributed by atoms with Crippen molar-refractivity contribution in [3.05, 3.63) is 291 Å². The molecule has 5 nitrogen and oxygen atoms in total. The minimum Gasteiger partial charge on any atom is -0.309 e. The summed E-state index contributed by atoms with van der Waals surface area (Å²) < 4.78 is 9.76. The molecule has 0 aliphatic carbocycles. The largest absolute Gasteiger partial charge is 0.309 e. The molecule has 7 heteroatoms. The van der Waals surface area contributed by atoms with Gasteiger partial charge in [-0.1, -0.05) is 188 Å². The van der Waals surface area contributed by atoms with Crippen LogP contribution in [0.5, 0.6) is 0 Å². The third kappa shape index (κ3) is 6.89. The predicted molar refractivity (Wildman–Crippen MR) is 343 cm³/mol. The van der Waals surface area contributed by atoms with Gasteiger partial charge in [0.2, 0.25) is 0 Å². The van der Waals surface area contributed by atoms with Crippen molar-refractivity contribution in [2.45, 2.75) is 10.6 Å². The van der Waals surface area contributed by atoms with Crippen LogP contribution in [0, 0.1) is 0 Å². The normalized spacial score (nSPS) is 12.6. The molecule has 1 aliphatic rings. The predicted octanol–water partition coefficient (Wildman–Crippen LogP) is 16.0. The van der Waals surface area contributed by atoms with Crippen LogP contribution in [0.2, 0.25) is 0 Å². The first kappa shape index (κ1) is 46.0. The van der Waals surface area contributed by atoms with Crippen molar-refractivity contribution in [2.75, 3.05) is 0 Å². The molecule has 0 saturated heterocycles. The van der Waals surface area contributed by atoms with Crippen LogP contribution in [-0.2, 0) is 5.75 Å². The van der Waals surface area contributed by atoms with Gasteiger partial charge in [-0.3, -0.25) is 4.57 Å². The summed E-state index contributed by atoms with van der Waals surface area (Å²) in [5, 5.41) is 12.7. The van der Waals surface area contributed by atoms with E-state index in [-0.39, 0.29) is 0 Å². The van der Waals surface area contributed by atoms with E-state index >= 15 is 0 Å². The fourth-order valence-electron chi connectivity index (χ4n) is 13.7. The van der Waals surface area contributed by atoms with Gasteiger partial charge in [0, 0.05) is 54.3 Å². The van der Waals surface area contributed by atoms with Gasteiger partial charge in [0.1, 0.15) is 5.82 Å². The number of thioether (sulfide) groups is 1. The van der Waals surface area contributed by atoms with Crippen molar-refractivity contribution in [3.63, 3.8) is 0 Å². The lowest BCUT2D eigenvalue weighted by atomic mass is 10.1. The molecule has 5 heterocycles. The first-order valence-electron chi connectivity index (χ1n) is 27.8. The molecule has 380 valence electrons. The maximum absolute atomic E-state index is 5.02. The summed E-state index contributed by atoms with van der Waals surface area (Å²) >= 11 is 1.88. The number of benzene rings is 12. The zero-order valence-corrected chi connectivity index (χ0v) is 45.8. The van der Waals surface area contributed by atoms with Crippen LogP contribution in [0.3, 0.4) is 0 Å². The van der Waals surface area contributed by atoms with Crippen LogP contribution in [0.25, 0.3) is 110 Å². The molecule has 0 bridgehead atoms. The van der Waals surface area contributed by atoms with Gasteiger partial charge in [-0.15, -0.1) is 11.8 Å². The van der Waals surface area contributed by atoms with Crippen LogP contribution in [0.4, 0.5) is 0 Å². The Morgan fingerprint density at radius 2 is 0.728 bits per heavy atom. The number of imidazole rings is 1. The number of hydrogen-bond acceptors (Lipinski definition) is 2. The smallest absolute Gasteiger partial charge is 0.179 e. The van der Waals surface area contributed by atoms with E-state index < -0.39 is 8.07 Å². The van der Waals surface area contributed by atoms with Gasteiger partial charge in [-0.2, -0.15) is 0 Å². The molecule has 1 aliphatic heterocycles. The molecule has 0 spiro atoms. The molecule has 0 atom stereocenters. The van der Waals surface area contributed by atoms with Crippen molar-refractivity contribution in [2.24, 2.45) is 0 Å². The summed E-state index contributed by atoms with van der Waals surface area (Å²) in [5.74, 6) is 1.93. The fourth-order valence-corrected chi connectivity index (χ4v) is 19.5. The van der Waals surface area contributed by atoms with E-state index in [4.69, 9.17) is 4.98 Å². The molecule has 17 rings (SSSR count). The molecule has 0 amide bonds. The zero-order valence-electron chi connectivity index (χ0n) is 44.0. The van der Waals surface area contributed by atoms with Crippen LogP contribution >= 0.6 is 11.8 Å². The third-order valence-corrected chi connectivity index (χ3v) is 23.0. The number of hydrogen-bond donors (Lipinski definition) is 0. The van der Waals surface area contributed by atoms with Gasteiger partial charge in [0.25, 0.3) is 0 Å². The van der Waals surface area contributed by atoms with Gasteiger partial charge < -0.3 is 13.7 Å². The van der Waals surface area contributed by atoms with Crippen molar-refractivity contribution in [1.82, 2.24) is 23.3 Å². The highest BCUT2D eigenvalue weighted by atomic mass is 32.2. The van der Waals surface area contributed by atoms with Crippen molar-refractivity contribution >= 4 is 117 Å². The lowest BCUT2D eigenvalue weighted by molar-refractivity contribution is 0.945. The molecule has 0 unspecified atom stereocenters. The Labute approximate surface area is 472 Å². The third-order valence-electron chi connectivity index (χ3n) is 17.2. The van der Waals surface area contributed by atoms with E-state index in [0.29, 0.717) is 0 Å². The number of nitrogens with zero attached hydrogens (tertiary/aromatic N) is 5. The molecule has 0 saturated carbocycles. The molecular formula is C74H49N5SSi. The van der Waals surface area contributed by atoms with E-state index in [0.717, 1.165) is 50.7 Å². The quantitative estimate of drug-likeness (QED) is 0.112. The Morgan fingerprint density at radius 3 is 1.28 bits per heavy atom. The highest BCUT2D eigenvalue weighted by Gasteiger charge is 2.42. The summed E-state index contributed by atoms with van der Waals surface area (Å²) in [6, 6.07) is 107. The average Bonchev–Trinajstić information content (AvgIpc) is 4.49. The number of aromatic nitrogens is 5. The molecule has 0 N–H and O–H groups in total. The maximum Gasteiger partial charge on any atom is 0.179 e. The summed E-state index contributed by atoms with van der Waals surface area (Å²) in [5.41, 5.74) is 16.3. The van der Waals surface area contributed by atoms with Crippen LogP contribution in [-0.4, -0.2) is 31.3 Å². The lowest BCUT2D eigenvalue weighted by Crippen LogP contribution is -2.74. The Kier molecular flexibility index (Phi) is 10.3. The first-order chi connectivity index (χ1) is 40.2. The molecule has 12 aromatic carbocycles. The molecule has 0 fully saturated rings. The van der Waals surface area contributed by atoms with Crippen molar-refractivity contribution < 1.29 is 0 Å². The Bertz CT molecular complexity index is 4880. The van der Waals surface area contributed by atoms with E-state index in [9.17, 15) is 0 Å². The fraction of sp³-hybridized carbons (Fsp3) is 0.0135. The minimum atomic E-state index is -3.07. The molecule has 0 radical (unpaired) electrons. The number of para-hydroxylation sites is 6. The maximum atomic E-state index is 5.02. The van der Waals surface area contributed by atoms with Gasteiger partial charge in [0.15, 0.2) is 8.07 Å². The van der Waals surface area contributed by atoms with E-state index in [2.05, 4.69) is 303 Å². The summed E-state index contributed by atoms with van der Waals surface area (Å²) in [6.45, 7) is 0. The van der Waals surface area contributed by atoms with Crippen LogP contribution in [0.15, 0.2) is 290 Å². The van der Waals surface area contributed by atoms with E-state index in [1.165, 1.54) is 96.8 Å². The number of fused-ring (bicyclic) bond motifs is 14. The second-order valence-electron chi connectivity index (χ2n) is 21.4. The van der Waals surface area contributed by atoms with E-state index in [1.54, 1.807) is 0 Å². The van der Waals surface area contributed by atoms with Gasteiger partial charge >= 0.3 is 0 Å². The zero-order chi connectivity index (χ0) is 53.2. The Hall–Kier alpha value is -9.92. The van der Waals surface area contributed by atoms with Crippen LogP contribution in [0.1, 0.15) is 5.82 Å². The molecule has 4 aromatic heterocycles. The van der Waals surface area contributed by atoms with Crippen molar-refractivity contribution in [1.29, 1.82) is 0 Å². The molecule has 16 aromatic rings. The van der Waals surface area contributed by atoms with Gasteiger partial charge in [-0.05, 0) is 129 Å². The minimum absolute atomic E-state index is 0.830. The highest BCUT2D eigenvalue weighted by Crippen LogP contribution is 2.42. The molecular weight excluding hydrogens is 1020 g/mol. The molecule has 81 heavy (non-hydrogen) atoms. The average molecular weight is 1070 g/mol. The summed E-state index contributed by atoms with van der Waals surface area (Å²) in [4.78, 5) is 6.29. The monoisotopic (exact) mass is 1070 g/mol. The van der Waals surface area contributed by atoms with Crippen molar-refractivity contribution in [3.8, 4) is 33.9 Å². The van der Waals surface area contributed by atoms with E-state index in [1.807, 2.05) is 11.8 Å². The topological polar surface area (TPSA) is 32.6 Å². The standard InChI is InChI=1S/C74H49N5SSi/c1-3-21-54(22-4-1)81(55-23-5-2-6-24-55,56-25-17-19-49(43-56)50-37-40-72-73(44-50)80-48-74-75-64-31-11-16-36-71(64)79(72)74)57-26-18-20-51(45-57)76-69-41-38-52(77-65-32-12-7-27-58(65)59-28-8-13-33-66(59)77)46-62(69)63-47-53(39-42-70(63)76)78-67-34-14-9-29-60(67)61-30-10-15-35-68(61)78/h1-47H,48H2. The highest BCUT2D eigenvalue weighted by molar-refractivity contribution is 7.98. The first-order valence-corrected chi connectivity index (χ1v) is 30.8. The summed E-state index contributed by atoms with van der Waals surface area (Å²) in [6.07, 6.45) is 0.